The third-order valence-electron chi connectivity index (χ3n) is 3.80. The zero-order valence-electron chi connectivity index (χ0n) is 14.6. The highest BCUT2D eigenvalue weighted by molar-refractivity contribution is 7.89. The van der Waals surface area contributed by atoms with E-state index >= 15 is 0 Å². The molecule has 0 N–H and O–H groups in total. The second-order valence-electron chi connectivity index (χ2n) is 6.15. The summed E-state index contributed by atoms with van der Waals surface area (Å²) in [5.74, 6) is 0. The lowest BCUT2D eigenvalue weighted by atomic mass is 10.2. The summed E-state index contributed by atoms with van der Waals surface area (Å²) in [6.45, 7) is 0.707. The number of alkyl halides is 3. The first-order valence-corrected chi connectivity index (χ1v) is 9.41. The molecule has 0 aliphatic rings. The molecule has 0 amide bonds. The lowest BCUT2D eigenvalue weighted by Gasteiger charge is -2.24. The van der Waals surface area contributed by atoms with E-state index in [0.29, 0.717) is 12.6 Å². The van der Waals surface area contributed by atoms with Crippen LogP contribution in [0, 0.1) is 0 Å². The summed E-state index contributed by atoms with van der Waals surface area (Å²) < 4.78 is 66.0. The summed E-state index contributed by atoms with van der Waals surface area (Å²) in [6, 6.07) is 12.8. The van der Waals surface area contributed by atoms with Gasteiger partial charge in [0.1, 0.15) is 0 Å². The molecule has 2 aromatic rings. The average molecular weight is 386 g/mol. The first-order valence-electron chi connectivity index (χ1n) is 7.97. The minimum atomic E-state index is -4.60. The van der Waals surface area contributed by atoms with E-state index in [4.69, 9.17) is 0 Å². The third-order valence-corrected chi connectivity index (χ3v) is 5.64. The summed E-state index contributed by atoms with van der Waals surface area (Å²) in [5, 5.41) is 0. The molecule has 0 unspecified atom stereocenters. The van der Waals surface area contributed by atoms with Crippen LogP contribution in [0.15, 0.2) is 59.5 Å². The van der Waals surface area contributed by atoms with E-state index in [1.807, 2.05) is 11.0 Å². The van der Waals surface area contributed by atoms with Crippen LogP contribution in [-0.2, 0) is 22.7 Å². The molecule has 0 aromatic heterocycles. The number of likely N-dealkylation sites (N-methyl/N-ethyl adjacent to an activating group) is 1. The summed E-state index contributed by atoms with van der Waals surface area (Å²) in [7, 11) is -0.465. The molecule has 142 valence electrons. The quantitative estimate of drug-likeness (QED) is 0.732. The molecule has 0 heterocycles. The van der Waals surface area contributed by atoms with Gasteiger partial charge >= 0.3 is 6.18 Å². The number of benzene rings is 2. The molecule has 2 aromatic carbocycles. The van der Waals surface area contributed by atoms with E-state index in [0.717, 1.165) is 17.7 Å². The number of sulfonamides is 1. The van der Waals surface area contributed by atoms with Crippen LogP contribution in [-0.4, -0.2) is 44.8 Å². The molecule has 0 atom stereocenters. The lowest BCUT2D eigenvalue weighted by molar-refractivity contribution is -0.137. The van der Waals surface area contributed by atoms with Crippen molar-refractivity contribution < 1.29 is 21.6 Å². The Morgan fingerprint density at radius 2 is 1.58 bits per heavy atom. The van der Waals surface area contributed by atoms with E-state index in [1.54, 1.807) is 38.4 Å². The van der Waals surface area contributed by atoms with Crippen molar-refractivity contribution in [3.63, 3.8) is 0 Å². The molecular weight excluding hydrogens is 365 g/mol. The van der Waals surface area contributed by atoms with Gasteiger partial charge in [-0.2, -0.15) is 17.5 Å². The van der Waals surface area contributed by atoms with Crippen molar-refractivity contribution in [2.24, 2.45) is 0 Å². The maximum Gasteiger partial charge on any atom is 0.416 e. The van der Waals surface area contributed by atoms with E-state index < -0.39 is 21.8 Å². The van der Waals surface area contributed by atoms with Crippen LogP contribution in [0.2, 0.25) is 0 Å². The maximum absolute atomic E-state index is 13.0. The van der Waals surface area contributed by atoms with E-state index in [1.165, 1.54) is 10.4 Å². The fourth-order valence-corrected chi connectivity index (χ4v) is 3.83. The molecule has 0 aliphatic carbocycles. The number of hydrogen-bond acceptors (Lipinski definition) is 3. The van der Waals surface area contributed by atoms with E-state index in [2.05, 4.69) is 0 Å². The molecule has 0 spiro atoms. The molecule has 0 fully saturated rings. The molecule has 0 bridgehead atoms. The van der Waals surface area contributed by atoms with Gasteiger partial charge in [-0.05, 0) is 37.9 Å². The zero-order valence-corrected chi connectivity index (χ0v) is 15.4. The van der Waals surface area contributed by atoms with Crippen molar-refractivity contribution in [1.29, 1.82) is 0 Å². The second-order valence-corrected chi connectivity index (χ2v) is 8.09. The highest BCUT2D eigenvalue weighted by Gasteiger charge is 2.33. The van der Waals surface area contributed by atoms with Crippen LogP contribution in [0.4, 0.5) is 13.2 Å². The monoisotopic (exact) mass is 386 g/mol. The van der Waals surface area contributed by atoms with Gasteiger partial charge in [-0.15, -0.1) is 0 Å². The summed E-state index contributed by atoms with van der Waals surface area (Å²) >= 11 is 0. The Morgan fingerprint density at radius 3 is 2.15 bits per heavy atom. The molecule has 0 radical (unpaired) electrons. The predicted molar refractivity (Wildman–Crippen MR) is 94.0 cm³/mol. The van der Waals surface area contributed by atoms with Crippen LogP contribution in [0.3, 0.4) is 0 Å². The Morgan fingerprint density at radius 1 is 0.923 bits per heavy atom. The Kier molecular flexibility index (Phi) is 6.44. The second kappa shape index (κ2) is 8.20. The highest BCUT2D eigenvalue weighted by Crippen LogP contribution is 2.31. The first-order chi connectivity index (χ1) is 12.1. The van der Waals surface area contributed by atoms with Crippen molar-refractivity contribution in [3.05, 3.63) is 65.7 Å². The van der Waals surface area contributed by atoms with Gasteiger partial charge in [-0.25, -0.2) is 8.42 Å². The van der Waals surface area contributed by atoms with Gasteiger partial charge in [0.2, 0.25) is 10.0 Å². The van der Waals surface area contributed by atoms with Crippen molar-refractivity contribution in [1.82, 2.24) is 9.21 Å². The molecule has 0 saturated carbocycles. The minimum Gasteiger partial charge on any atom is -0.308 e. The number of hydrogen-bond donors (Lipinski definition) is 0. The standard InChI is InChI=1S/C18H21F3N2O2S/c1-22(2)11-12-23(14-15-7-4-3-5-8-15)26(24,25)17-10-6-9-16(13-17)18(19,20)21/h3-10,13H,11-12,14H2,1-2H3. The number of halogens is 3. The van der Waals surface area contributed by atoms with Crippen LogP contribution < -0.4 is 0 Å². The van der Waals surface area contributed by atoms with Crippen LogP contribution in [0.1, 0.15) is 11.1 Å². The largest absolute Gasteiger partial charge is 0.416 e. The van der Waals surface area contributed by atoms with Crippen molar-refractivity contribution in [3.8, 4) is 0 Å². The fourth-order valence-electron chi connectivity index (χ4n) is 2.36. The normalized spacial score (nSPS) is 12.7. The SMILES string of the molecule is CN(C)CCN(Cc1ccccc1)S(=O)(=O)c1cccc(C(F)(F)F)c1. The topological polar surface area (TPSA) is 40.6 Å². The lowest BCUT2D eigenvalue weighted by Crippen LogP contribution is -2.36. The molecule has 0 saturated heterocycles. The molecule has 0 aliphatic heterocycles. The van der Waals surface area contributed by atoms with Crippen molar-refractivity contribution in [2.45, 2.75) is 17.6 Å². The summed E-state index contributed by atoms with van der Waals surface area (Å²) in [5.41, 5.74) is -0.215. The number of rotatable bonds is 7. The molecular formula is C18H21F3N2O2S. The number of nitrogens with zero attached hydrogens (tertiary/aromatic N) is 2. The summed E-state index contributed by atoms with van der Waals surface area (Å²) in [6.07, 6.45) is -4.60. The van der Waals surface area contributed by atoms with Gasteiger partial charge in [0, 0.05) is 19.6 Å². The Balaban J connectivity index is 2.38. The van der Waals surface area contributed by atoms with E-state index in [9.17, 15) is 21.6 Å². The van der Waals surface area contributed by atoms with Gasteiger partial charge < -0.3 is 4.90 Å². The van der Waals surface area contributed by atoms with Crippen molar-refractivity contribution >= 4 is 10.0 Å². The molecule has 26 heavy (non-hydrogen) atoms. The molecule has 2 rings (SSSR count). The summed E-state index contributed by atoms with van der Waals surface area (Å²) in [4.78, 5) is 1.46. The fraction of sp³-hybridized carbons (Fsp3) is 0.333. The average Bonchev–Trinajstić information content (AvgIpc) is 2.58. The maximum atomic E-state index is 13.0. The smallest absolute Gasteiger partial charge is 0.308 e. The Bertz CT molecular complexity index is 822. The minimum absolute atomic E-state index is 0.0905. The van der Waals surface area contributed by atoms with Crippen LogP contribution >= 0.6 is 0 Å². The third kappa shape index (κ3) is 5.30. The van der Waals surface area contributed by atoms with Crippen molar-refractivity contribution in [2.75, 3.05) is 27.2 Å². The first kappa shape index (κ1) is 20.4. The predicted octanol–water partition coefficient (Wildman–Crippen LogP) is 3.46. The van der Waals surface area contributed by atoms with E-state index in [-0.39, 0.29) is 18.0 Å². The molecule has 8 heteroatoms. The van der Waals surface area contributed by atoms with Gasteiger partial charge in [-0.3, -0.25) is 0 Å². The van der Waals surface area contributed by atoms with Gasteiger partial charge in [0.15, 0.2) is 0 Å². The van der Waals surface area contributed by atoms with Crippen LogP contribution in [0.25, 0.3) is 0 Å². The Labute approximate surface area is 151 Å². The zero-order chi connectivity index (χ0) is 19.4. The Hall–Kier alpha value is -1.90. The molecule has 4 nitrogen and oxygen atoms in total. The van der Waals surface area contributed by atoms with Crippen LogP contribution in [0.5, 0.6) is 0 Å². The highest BCUT2D eigenvalue weighted by atomic mass is 32.2. The van der Waals surface area contributed by atoms with Gasteiger partial charge in [-0.1, -0.05) is 36.4 Å². The van der Waals surface area contributed by atoms with Gasteiger partial charge in [0.25, 0.3) is 0 Å². The van der Waals surface area contributed by atoms with Gasteiger partial charge in [0.05, 0.1) is 10.5 Å².